The fraction of sp³-hybridized carbons (Fsp3) is 0.346. The molecule has 1 atom stereocenters. The minimum Gasteiger partial charge on any atom is -0.497 e. The Hall–Kier alpha value is -3.43. The summed E-state index contributed by atoms with van der Waals surface area (Å²) in [5.41, 5.74) is 3.60. The molecule has 0 amide bonds. The maximum atomic E-state index is 5.32. The van der Waals surface area contributed by atoms with Crippen LogP contribution in [0.2, 0.25) is 0 Å². The van der Waals surface area contributed by atoms with Crippen molar-refractivity contribution < 1.29 is 4.74 Å². The number of piperazine rings is 1. The minimum absolute atomic E-state index is 0.0146. The Morgan fingerprint density at radius 3 is 2.34 bits per heavy atom. The minimum atomic E-state index is -0.0146. The number of anilines is 2. The van der Waals surface area contributed by atoms with E-state index < -0.39 is 0 Å². The summed E-state index contributed by atoms with van der Waals surface area (Å²) in [6.07, 6.45) is 0. The quantitative estimate of drug-likeness (QED) is 0.373. The molecule has 0 radical (unpaired) electrons. The van der Waals surface area contributed by atoms with E-state index in [9.17, 15) is 0 Å². The maximum absolute atomic E-state index is 5.32. The average molecular weight is 490 g/mol. The first kappa shape index (κ1) is 23.3. The second-order valence-electron chi connectivity index (χ2n) is 8.88. The van der Waals surface area contributed by atoms with Crippen LogP contribution in [0.25, 0.3) is 0 Å². The fourth-order valence-electron chi connectivity index (χ4n) is 4.58. The molecule has 35 heavy (non-hydrogen) atoms. The number of nitrogens with zero attached hydrogens (tertiary/aromatic N) is 7. The van der Waals surface area contributed by atoms with Crippen molar-refractivity contribution in [2.45, 2.75) is 12.6 Å². The van der Waals surface area contributed by atoms with Crippen LogP contribution in [0.4, 0.5) is 11.4 Å². The van der Waals surface area contributed by atoms with Gasteiger partial charge in [-0.15, -0.1) is 16.4 Å². The number of thiophene rings is 1. The van der Waals surface area contributed by atoms with Gasteiger partial charge in [-0.05, 0) is 63.8 Å². The Balaban J connectivity index is 1.40. The molecule has 3 heterocycles. The van der Waals surface area contributed by atoms with Gasteiger partial charge in [-0.3, -0.25) is 4.90 Å². The van der Waals surface area contributed by atoms with E-state index in [-0.39, 0.29) is 6.04 Å². The van der Waals surface area contributed by atoms with Crippen LogP contribution in [-0.4, -0.2) is 72.5 Å². The Kier molecular flexibility index (Phi) is 6.96. The van der Waals surface area contributed by atoms with Crippen LogP contribution in [0.5, 0.6) is 5.75 Å². The Morgan fingerprint density at radius 2 is 1.71 bits per heavy atom. The molecule has 0 N–H and O–H groups in total. The van der Waals surface area contributed by atoms with Gasteiger partial charge in [0.15, 0.2) is 5.82 Å². The molecule has 0 spiro atoms. The fourth-order valence-corrected chi connectivity index (χ4v) is 5.27. The molecule has 182 valence electrons. The molecule has 1 saturated heterocycles. The normalized spacial score (nSPS) is 15.2. The van der Waals surface area contributed by atoms with Gasteiger partial charge in [0.25, 0.3) is 0 Å². The van der Waals surface area contributed by atoms with Crippen LogP contribution < -0.4 is 14.5 Å². The van der Waals surface area contributed by atoms with Crippen LogP contribution in [0.3, 0.4) is 0 Å². The first-order valence-electron chi connectivity index (χ1n) is 11.8. The van der Waals surface area contributed by atoms with Crippen molar-refractivity contribution in [2.75, 3.05) is 57.2 Å². The Morgan fingerprint density at radius 1 is 0.971 bits per heavy atom. The summed E-state index contributed by atoms with van der Waals surface area (Å²) in [5.74, 6) is 1.76. The highest BCUT2D eigenvalue weighted by molar-refractivity contribution is 7.09. The molecule has 5 rings (SSSR count). The number of methoxy groups -OCH3 is 1. The van der Waals surface area contributed by atoms with Crippen LogP contribution in [-0.2, 0) is 6.54 Å². The number of ether oxygens (including phenoxy) is 1. The van der Waals surface area contributed by atoms with Crippen molar-refractivity contribution in [1.82, 2.24) is 25.1 Å². The molecule has 0 unspecified atom stereocenters. The lowest BCUT2D eigenvalue weighted by molar-refractivity contribution is 0.201. The van der Waals surface area contributed by atoms with Crippen LogP contribution >= 0.6 is 11.3 Å². The summed E-state index contributed by atoms with van der Waals surface area (Å²) < 4.78 is 7.27. The first-order valence-corrected chi connectivity index (χ1v) is 12.7. The van der Waals surface area contributed by atoms with Crippen molar-refractivity contribution in [2.24, 2.45) is 0 Å². The Labute approximate surface area is 210 Å². The highest BCUT2D eigenvalue weighted by Crippen LogP contribution is 2.31. The van der Waals surface area contributed by atoms with Gasteiger partial charge in [-0.2, -0.15) is 0 Å². The molecular weight excluding hydrogens is 458 g/mol. The number of hydrogen-bond donors (Lipinski definition) is 0. The van der Waals surface area contributed by atoms with Gasteiger partial charge in [-0.25, -0.2) is 4.68 Å². The Bertz CT molecular complexity index is 1200. The van der Waals surface area contributed by atoms with Gasteiger partial charge in [0.1, 0.15) is 5.75 Å². The predicted molar refractivity (Wildman–Crippen MR) is 141 cm³/mol. The monoisotopic (exact) mass is 489 g/mol. The molecule has 1 aliphatic heterocycles. The molecule has 8 nitrogen and oxygen atoms in total. The van der Waals surface area contributed by atoms with Gasteiger partial charge < -0.3 is 14.5 Å². The smallest absolute Gasteiger partial charge is 0.173 e. The third-order valence-electron chi connectivity index (χ3n) is 6.53. The lowest BCUT2D eigenvalue weighted by Crippen LogP contribution is -2.48. The second-order valence-corrected chi connectivity index (χ2v) is 9.92. The van der Waals surface area contributed by atoms with E-state index >= 15 is 0 Å². The average Bonchev–Trinajstić information content (AvgIpc) is 3.58. The number of tetrazole rings is 1. The van der Waals surface area contributed by atoms with E-state index in [4.69, 9.17) is 4.74 Å². The summed E-state index contributed by atoms with van der Waals surface area (Å²) in [5, 5.41) is 15.1. The van der Waals surface area contributed by atoms with Gasteiger partial charge in [0.05, 0.1) is 19.7 Å². The van der Waals surface area contributed by atoms with Gasteiger partial charge >= 0.3 is 0 Å². The zero-order valence-corrected chi connectivity index (χ0v) is 21.2. The lowest BCUT2D eigenvalue weighted by Gasteiger charge is -2.40. The van der Waals surface area contributed by atoms with Gasteiger partial charge in [-0.1, -0.05) is 18.2 Å². The SMILES string of the molecule is COc1ccc(N2CCN([C@@H](c3ccc(N(C)C)cc3)c3nnnn3Cc3cccs3)CC2)cc1. The van der Waals surface area contributed by atoms with Crippen molar-refractivity contribution in [1.29, 1.82) is 0 Å². The molecule has 2 aromatic carbocycles. The molecule has 1 fully saturated rings. The highest BCUT2D eigenvalue weighted by atomic mass is 32.1. The molecule has 2 aromatic heterocycles. The summed E-state index contributed by atoms with van der Waals surface area (Å²) in [6.45, 7) is 4.38. The van der Waals surface area contributed by atoms with Crippen molar-refractivity contribution in [3.05, 3.63) is 82.3 Å². The summed E-state index contributed by atoms with van der Waals surface area (Å²) >= 11 is 1.73. The number of benzene rings is 2. The van der Waals surface area contributed by atoms with E-state index in [1.807, 2.05) is 16.8 Å². The lowest BCUT2D eigenvalue weighted by atomic mass is 10.0. The summed E-state index contributed by atoms with van der Waals surface area (Å²) in [4.78, 5) is 8.29. The predicted octanol–water partition coefficient (Wildman–Crippen LogP) is 3.77. The zero-order chi connectivity index (χ0) is 24.2. The van der Waals surface area contributed by atoms with Gasteiger partial charge in [0, 0.05) is 56.5 Å². The molecule has 1 aliphatic rings. The third kappa shape index (κ3) is 5.16. The van der Waals surface area contributed by atoms with Crippen LogP contribution in [0.15, 0.2) is 66.0 Å². The second kappa shape index (κ2) is 10.5. The third-order valence-corrected chi connectivity index (χ3v) is 7.39. The zero-order valence-electron chi connectivity index (χ0n) is 20.4. The van der Waals surface area contributed by atoms with E-state index in [1.165, 1.54) is 21.8 Å². The summed E-state index contributed by atoms with van der Waals surface area (Å²) in [7, 11) is 5.82. The topological polar surface area (TPSA) is 62.6 Å². The highest BCUT2D eigenvalue weighted by Gasteiger charge is 2.31. The number of hydrogen-bond acceptors (Lipinski definition) is 8. The van der Waals surface area contributed by atoms with Gasteiger partial charge in [0.2, 0.25) is 0 Å². The molecule has 0 bridgehead atoms. The molecule has 9 heteroatoms. The largest absolute Gasteiger partial charge is 0.497 e. The standard InChI is InChI=1S/C26H31N7OS/c1-30(2)21-8-6-20(7-9-21)25(26-27-28-29-33(26)19-24-5-4-18-35-24)32-16-14-31(15-17-32)22-10-12-23(34-3)13-11-22/h4-13,18,25H,14-17,19H2,1-3H3/t25-/m0/s1. The van der Waals surface area contributed by atoms with Crippen molar-refractivity contribution in [3.63, 3.8) is 0 Å². The van der Waals surface area contributed by atoms with Crippen molar-refractivity contribution >= 4 is 22.7 Å². The number of aromatic nitrogens is 4. The molecule has 0 aliphatic carbocycles. The van der Waals surface area contributed by atoms with E-state index in [0.29, 0.717) is 6.54 Å². The maximum Gasteiger partial charge on any atom is 0.173 e. The van der Waals surface area contributed by atoms with E-state index in [2.05, 4.69) is 98.2 Å². The first-order chi connectivity index (χ1) is 17.1. The molecular formula is C26H31N7OS. The van der Waals surface area contributed by atoms with E-state index in [0.717, 1.165) is 37.8 Å². The van der Waals surface area contributed by atoms with Crippen molar-refractivity contribution in [3.8, 4) is 5.75 Å². The number of rotatable bonds is 8. The molecule has 0 saturated carbocycles. The van der Waals surface area contributed by atoms with Crippen LogP contribution in [0, 0.1) is 0 Å². The van der Waals surface area contributed by atoms with Crippen LogP contribution in [0.1, 0.15) is 22.3 Å². The molecule has 4 aromatic rings. The van der Waals surface area contributed by atoms with E-state index in [1.54, 1.807) is 18.4 Å². The summed E-state index contributed by atoms with van der Waals surface area (Å²) in [6, 6.07) is 21.3.